The molecular formula is C24H24ClFN4O3. The molecule has 0 bridgehead atoms. The Morgan fingerprint density at radius 1 is 1.15 bits per heavy atom. The van der Waals surface area contributed by atoms with Crippen molar-refractivity contribution in [2.45, 2.75) is 37.4 Å². The van der Waals surface area contributed by atoms with Gasteiger partial charge in [-0.15, -0.1) is 0 Å². The molecule has 172 valence electrons. The number of carbonyl (C=O) groups is 2. The minimum absolute atomic E-state index is 0.0336. The number of rotatable bonds is 4. The number of fused-ring (bicyclic) bond motifs is 1. The molecule has 1 N–H and O–H groups in total. The SMILES string of the molecule is O=C(NCC1CCC2(CCN(C(=O)c3cn4cc(Cl)ccc4n3)CC2)O1)c1ccccc1F. The highest BCUT2D eigenvalue weighted by Crippen LogP contribution is 2.39. The minimum atomic E-state index is -0.537. The first kappa shape index (κ1) is 21.9. The number of nitrogens with zero attached hydrogens (tertiary/aromatic N) is 3. The fraction of sp³-hybridized carbons (Fsp3) is 0.375. The van der Waals surface area contributed by atoms with Gasteiger partial charge in [0.05, 0.1) is 22.3 Å². The molecular weight excluding hydrogens is 447 g/mol. The third-order valence-corrected chi connectivity index (χ3v) is 6.77. The third kappa shape index (κ3) is 4.45. The van der Waals surface area contributed by atoms with Crippen molar-refractivity contribution >= 4 is 29.1 Å². The van der Waals surface area contributed by atoms with Crippen LogP contribution < -0.4 is 5.32 Å². The average Bonchev–Trinajstić information content (AvgIpc) is 3.42. The van der Waals surface area contributed by atoms with Crippen molar-refractivity contribution in [1.82, 2.24) is 19.6 Å². The summed E-state index contributed by atoms with van der Waals surface area (Å²) in [7, 11) is 0. The summed E-state index contributed by atoms with van der Waals surface area (Å²) in [5.74, 6) is -1.08. The monoisotopic (exact) mass is 470 g/mol. The van der Waals surface area contributed by atoms with Crippen LogP contribution in [0.25, 0.3) is 5.65 Å². The van der Waals surface area contributed by atoms with Crippen LogP contribution in [-0.2, 0) is 4.74 Å². The van der Waals surface area contributed by atoms with Crippen molar-refractivity contribution in [2.24, 2.45) is 0 Å². The van der Waals surface area contributed by atoms with Gasteiger partial charge in [0.15, 0.2) is 0 Å². The standard InChI is InChI=1S/C24H24ClFN4O3/c25-16-5-6-21-28-20(15-30(21)14-16)23(32)29-11-9-24(10-12-29)8-7-17(33-24)13-27-22(31)18-3-1-2-4-19(18)26/h1-6,14-15,17H,7-13H2,(H,27,31). The van der Waals surface area contributed by atoms with E-state index in [1.54, 1.807) is 41.1 Å². The zero-order valence-electron chi connectivity index (χ0n) is 18.0. The highest BCUT2D eigenvalue weighted by Gasteiger charge is 2.43. The van der Waals surface area contributed by atoms with Gasteiger partial charge in [0.2, 0.25) is 0 Å². The summed E-state index contributed by atoms with van der Waals surface area (Å²) in [6, 6.07) is 9.45. The lowest BCUT2D eigenvalue weighted by molar-refractivity contribution is -0.0712. The highest BCUT2D eigenvalue weighted by atomic mass is 35.5. The molecule has 4 heterocycles. The molecule has 0 radical (unpaired) electrons. The van der Waals surface area contributed by atoms with Gasteiger partial charge in [0.25, 0.3) is 11.8 Å². The third-order valence-electron chi connectivity index (χ3n) is 6.54. The van der Waals surface area contributed by atoms with E-state index in [-0.39, 0.29) is 23.2 Å². The van der Waals surface area contributed by atoms with E-state index < -0.39 is 11.7 Å². The molecule has 5 rings (SSSR count). The van der Waals surface area contributed by atoms with Gasteiger partial charge < -0.3 is 19.4 Å². The Morgan fingerprint density at radius 3 is 2.73 bits per heavy atom. The van der Waals surface area contributed by atoms with Crippen molar-refractivity contribution in [3.05, 3.63) is 70.9 Å². The Morgan fingerprint density at radius 2 is 1.94 bits per heavy atom. The molecule has 1 atom stereocenters. The molecule has 2 aliphatic rings. The van der Waals surface area contributed by atoms with Crippen LogP contribution in [0.3, 0.4) is 0 Å². The molecule has 3 aromatic rings. The van der Waals surface area contributed by atoms with Crippen molar-refractivity contribution in [2.75, 3.05) is 19.6 Å². The molecule has 2 fully saturated rings. The summed E-state index contributed by atoms with van der Waals surface area (Å²) in [4.78, 5) is 31.4. The Bertz CT molecular complexity index is 1210. The predicted octanol–water partition coefficient (Wildman–Crippen LogP) is 3.71. The van der Waals surface area contributed by atoms with E-state index in [9.17, 15) is 14.0 Å². The molecule has 33 heavy (non-hydrogen) atoms. The fourth-order valence-electron chi connectivity index (χ4n) is 4.70. The van der Waals surface area contributed by atoms with Crippen LogP contribution in [0.1, 0.15) is 46.5 Å². The van der Waals surface area contributed by atoms with Crippen LogP contribution in [-0.4, -0.2) is 57.4 Å². The summed E-state index contributed by atoms with van der Waals surface area (Å²) in [6.45, 7) is 1.50. The van der Waals surface area contributed by atoms with Gasteiger partial charge in [0, 0.05) is 32.0 Å². The molecule has 1 aromatic carbocycles. The number of ether oxygens (including phenoxy) is 1. The lowest BCUT2D eigenvalue weighted by atomic mass is 9.88. The van der Waals surface area contributed by atoms with E-state index >= 15 is 0 Å². The maximum absolute atomic E-state index is 13.8. The quantitative estimate of drug-likeness (QED) is 0.630. The predicted molar refractivity (Wildman–Crippen MR) is 121 cm³/mol. The smallest absolute Gasteiger partial charge is 0.274 e. The lowest BCUT2D eigenvalue weighted by Gasteiger charge is -2.39. The van der Waals surface area contributed by atoms with Gasteiger partial charge in [-0.25, -0.2) is 9.37 Å². The van der Waals surface area contributed by atoms with Crippen LogP contribution in [0.5, 0.6) is 0 Å². The number of hydrogen-bond acceptors (Lipinski definition) is 4. The maximum atomic E-state index is 13.8. The largest absolute Gasteiger partial charge is 0.370 e. The van der Waals surface area contributed by atoms with Gasteiger partial charge >= 0.3 is 0 Å². The molecule has 1 unspecified atom stereocenters. The summed E-state index contributed by atoms with van der Waals surface area (Å²) < 4.78 is 21.9. The second kappa shape index (κ2) is 8.76. The molecule has 2 aliphatic heterocycles. The number of pyridine rings is 1. The number of benzene rings is 1. The lowest BCUT2D eigenvalue weighted by Crippen LogP contribution is -2.47. The van der Waals surface area contributed by atoms with Crippen molar-refractivity contribution in [3.8, 4) is 0 Å². The van der Waals surface area contributed by atoms with Crippen molar-refractivity contribution in [3.63, 3.8) is 0 Å². The van der Waals surface area contributed by atoms with Crippen molar-refractivity contribution < 1.29 is 18.7 Å². The average molecular weight is 471 g/mol. The van der Waals surface area contributed by atoms with E-state index in [0.717, 1.165) is 25.7 Å². The summed E-state index contributed by atoms with van der Waals surface area (Å²) in [6.07, 6.45) is 6.47. The molecule has 0 aliphatic carbocycles. The molecule has 7 nitrogen and oxygen atoms in total. The number of imidazole rings is 1. The Kier molecular flexibility index (Phi) is 5.80. The van der Waals surface area contributed by atoms with Crippen LogP contribution in [0, 0.1) is 5.82 Å². The number of nitrogens with one attached hydrogen (secondary N) is 1. The zero-order valence-corrected chi connectivity index (χ0v) is 18.7. The Labute approximate surface area is 195 Å². The summed E-state index contributed by atoms with van der Waals surface area (Å²) >= 11 is 6.02. The first-order chi connectivity index (χ1) is 15.9. The van der Waals surface area contributed by atoms with E-state index in [2.05, 4.69) is 10.3 Å². The van der Waals surface area contributed by atoms with Crippen LogP contribution in [0.15, 0.2) is 48.8 Å². The Hall–Kier alpha value is -2.97. The summed E-state index contributed by atoms with van der Waals surface area (Å²) in [5.41, 5.74) is 0.826. The fourth-order valence-corrected chi connectivity index (χ4v) is 4.87. The maximum Gasteiger partial charge on any atom is 0.274 e. The number of likely N-dealkylation sites (tertiary alicyclic amines) is 1. The minimum Gasteiger partial charge on any atom is -0.370 e. The molecule has 2 aromatic heterocycles. The number of amides is 2. The molecule has 9 heteroatoms. The topological polar surface area (TPSA) is 75.9 Å². The molecule has 1 spiro atoms. The Balaban J connectivity index is 1.15. The first-order valence-electron chi connectivity index (χ1n) is 11.1. The highest BCUT2D eigenvalue weighted by molar-refractivity contribution is 6.30. The number of carbonyl (C=O) groups excluding carboxylic acids is 2. The number of piperidine rings is 1. The summed E-state index contributed by atoms with van der Waals surface area (Å²) in [5, 5.41) is 3.36. The van der Waals surface area contributed by atoms with E-state index in [4.69, 9.17) is 16.3 Å². The van der Waals surface area contributed by atoms with Crippen molar-refractivity contribution in [1.29, 1.82) is 0 Å². The second-order valence-corrected chi connectivity index (χ2v) is 9.12. The zero-order chi connectivity index (χ0) is 23.0. The first-order valence-corrected chi connectivity index (χ1v) is 11.4. The normalized spacial score (nSPS) is 19.8. The van der Waals surface area contributed by atoms with Crippen LogP contribution >= 0.6 is 11.6 Å². The molecule has 0 saturated carbocycles. The van der Waals surface area contributed by atoms with Gasteiger partial charge in [-0.2, -0.15) is 0 Å². The second-order valence-electron chi connectivity index (χ2n) is 8.68. The van der Waals surface area contributed by atoms with Crippen LogP contribution in [0.4, 0.5) is 4.39 Å². The van der Waals surface area contributed by atoms with Gasteiger partial charge in [-0.05, 0) is 49.9 Å². The molecule has 2 saturated heterocycles. The van der Waals surface area contributed by atoms with Gasteiger partial charge in [-0.1, -0.05) is 23.7 Å². The number of aromatic nitrogens is 2. The van der Waals surface area contributed by atoms with E-state index in [0.29, 0.717) is 36.0 Å². The number of hydrogen-bond donors (Lipinski definition) is 1. The van der Waals surface area contributed by atoms with Gasteiger partial charge in [0.1, 0.15) is 17.2 Å². The number of halogens is 2. The van der Waals surface area contributed by atoms with E-state index in [1.807, 2.05) is 4.90 Å². The van der Waals surface area contributed by atoms with E-state index in [1.165, 1.54) is 12.1 Å². The van der Waals surface area contributed by atoms with Crippen LogP contribution in [0.2, 0.25) is 5.02 Å². The molecule has 2 amide bonds. The van der Waals surface area contributed by atoms with Gasteiger partial charge in [-0.3, -0.25) is 9.59 Å².